The Hall–Kier alpha value is -3.66. The van der Waals surface area contributed by atoms with E-state index >= 15 is 0 Å². The molecule has 0 aliphatic rings. The highest BCUT2D eigenvalue weighted by atomic mass is 16.3. The van der Waals surface area contributed by atoms with Crippen molar-refractivity contribution in [1.29, 1.82) is 0 Å². The average molecular weight is 371 g/mol. The summed E-state index contributed by atoms with van der Waals surface area (Å²) in [5, 5.41) is 13.0. The van der Waals surface area contributed by atoms with E-state index in [1.54, 1.807) is 42.5 Å². The summed E-state index contributed by atoms with van der Waals surface area (Å²) in [6, 6.07) is 20.8. The number of carbonyl (C=O) groups excluding carboxylic acids is 2. The van der Waals surface area contributed by atoms with Gasteiger partial charge in [0, 0.05) is 17.2 Å². The van der Waals surface area contributed by atoms with Crippen LogP contribution in [0.3, 0.4) is 0 Å². The summed E-state index contributed by atoms with van der Waals surface area (Å²) < 4.78 is 0. The van der Waals surface area contributed by atoms with Gasteiger partial charge in [-0.25, -0.2) is 0 Å². The quantitative estimate of drug-likeness (QED) is 0.361. The van der Waals surface area contributed by atoms with Gasteiger partial charge in [0.2, 0.25) is 5.78 Å². The summed E-state index contributed by atoms with van der Waals surface area (Å²) in [7, 11) is 0. The molecular formula is C24H21NO3. The lowest BCUT2D eigenvalue weighted by molar-refractivity contribution is 0.101. The molecule has 0 fully saturated rings. The first-order valence-corrected chi connectivity index (χ1v) is 8.93. The van der Waals surface area contributed by atoms with Gasteiger partial charge in [0.15, 0.2) is 5.78 Å². The molecule has 0 radical (unpaired) electrons. The number of ketones is 2. The van der Waals surface area contributed by atoms with Gasteiger partial charge in [-0.15, -0.1) is 0 Å². The maximum atomic E-state index is 13.0. The van der Waals surface area contributed by atoms with Crippen LogP contribution in [0.4, 0.5) is 5.69 Å². The van der Waals surface area contributed by atoms with Crippen molar-refractivity contribution in [3.63, 3.8) is 0 Å². The molecule has 3 aromatic rings. The number of aromatic hydroxyl groups is 1. The van der Waals surface area contributed by atoms with E-state index < -0.39 is 0 Å². The van der Waals surface area contributed by atoms with Crippen molar-refractivity contribution in [2.45, 2.75) is 13.8 Å². The van der Waals surface area contributed by atoms with E-state index in [-0.39, 0.29) is 23.0 Å². The van der Waals surface area contributed by atoms with Crippen LogP contribution in [-0.4, -0.2) is 16.7 Å². The number of hydrogen-bond donors (Lipinski definition) is 2. The first-order chi connectivity index (χ1) is 13.4. The third-order valence-corrected chi connectivity index (χ3v) is 4.34. The lowest BCUT2D eigenvalue weighted by Gasteiger charge is -2.12. The summed E-state index contributed by atoms with van der Waals surface area (Å²) in [6.45, 7) is 3.88. The van der Waals surface area contributed by atoms with Crippen LogP contribution in [-0.2, 0) is 0 Å². The van der Waals surface area contributed by atoms with Crippen LogP contribution < -0.4 is 5.32 Å². The summed E-state index contributed by atoms with van der Waals surface area (Å²) >= 11 is 0. The van der Waals surface area contributed by atoms with Gasteiger partial charge in [-0.2, -0.15) is 0 Å². The third kappa shape index (κ3) is 4.54. The van der Waals surface area contributed by atoms with Crippen molar-refractivity contribution in [3.8, 4) is 5.75 Å². The minimum Gasteiger partial charge on any atom is -0.506 e. The molecule has 0 spiro atoms. The molecule has 3 aromatic carbocycles. The maximum Gasteiger partial charge on any atom is 0.209 e. The highest BCUT2D eigenvalue weighted by Gasteiger charge is 2.16. The first-order valence-electron chi connectivity index (χ1n) is 8.93. The fraction of sp³-hybridized carbons (Fsp3) is 0.0833. The summed E-state index contributed by atoms with van der Waals surface area (Å²) in [6.07, 6.45) is 1.28. The van der Waals surface area contributed by atoms with Crippen LogP contribution >= 0.6 is 0 Å². The van der Waals surface area contributed by atoms with Crippen LogP contribution in [0.5, 0.6) is 5.75 Å². The Bertz CT molecular complexity index is 1030. The largest absolute Gasteiger partial charge is 0.506 e. The molecule has 0 atom stereocenters. The number of para-hydroxylation sites is 2. The molecule has 4 nitrogen and oxygen atoms in total. The van der Waals surface area contributed by atoms with E-state index in [0.29, 0.717) is 16.8 Å². The average Bonchev–Trinajstić information content (AvgIpc) is 2.69. The van der Waals surface area contributed by atoms with Gasteiger partial charge in [0.25, 0.3) is 0 Å². The monoisotopic (exact) mass is 371 g/mol. The summed E-state index contributed by atoms with van der Waals surface area (Å²) in [5.41, 5.74) is 3.47. The molecule has 2 N–H and O–H groups in total. The van der Waals surface area contributed by atoms with Gasteiger partial charge in [-0.1, -0.05) is 71.8 Å². The van der Waals surface area contributed by atoms with Crippen LogP contribution in [0.25, 0.3) is 0 Å². The van der Waals surface area contributed by atoms with Crippen molar-refractivity contribution < 1.29 is 14.7 Å². The smallest absolute Gasteiger partial charge is 0.209 e. The molecule has 0 saturated carbocycles. The number of anilines is 1. The van der Waals surface area contributed by atoms with Gasteiger partial charge in [-0.05, 0) is 26.0 Å². The molecule has 0 aromatic heterocycles. The standard InChI is InChI=1S/C24H21NO3/c1-16-7-11-18(12-8-16)23(27)15-21(25-20-5-3-4-6-22(20)26)24(28)19-13-9-17(2)10-14-19/h3-15,25-26H,1-2H3. The predicted molar refractivity (Wildman–Crippen MR) is 111 cm³/mol. The number of nitrogens with one attached hydrogen (secondary N) is 1. The molecule has 0 bridgehead atoms. The summed E-state index contributed by atoms with van der Waals surface area (Å²) in [4.78, 5) is 25.7. The second-order valence-electron chi connectivity index (χ2n) is 6.63. The molecule has 28 heavy (non-hydrogen) atoms. The van der Waals surface area contributed by atoms with Crippen molar-refractivity contribution in [2.24, 2.45) is 0 Å². The number of rotatable bonds is 6. The fourth-order valence-corrected chi connectivity index (χ4v) is 2.68. The second-order valence-corrected chi connectivity index (χ2v) is 6.63. The molecule has 0 unspecified atom stereocenters. The van der Waals surface area contributed by atoms with E-state index in [1.165, 1.54) is 12.1 Å². The highest BCUT2D eigenvalue weighted by Crippen LogP contribution is 2.24. The Balaban J connectivity index is 1.99. The SMILES string of the molecule is Cc1ccc(C(=O)C=C(Nc2ccccc2O)C(=O)c2ccc(C)cc2)cc1. The van der Waals surface area contributed by atoms with E-state index in [9.17, 15) is 14.7 Å². The molecule has 4 heteroatoms. The predicted octanol–water partition coefficient (Wildman–Crippen LogP) is 5.07. The minimum atomic E-state index is -0.330. The van der Waals surface area contributed by atoms with Crippen LogP contribution in [0.15, 0.2) is 84.6 Å². The number of Topliss-reactive ketones (excluding diaryl/α,β-unsaturated/α-hetero) is 1. The Morgan fingerprint density at radius 3 is 1.89 bits per heavy atom. The maximum absolute atomic E-state index is 13.0. The zero-order valence-corrected chi connectivity index (χ0v) is 15.8. The highest BCUT2D eigenvalue weighted by molar-refractivity contribution is 6.16. The number of hydrogen-bond acceptors (Lipinski definition) is 4. The molecule has 0 aliphatic heterocycles. The molecular weight excluding hydrogens is 350 g/mol. The van der Waals surface area contributed by atoms with E-state index in [2.05, 4.69) is 5.32 Å². The number of benzene rings is 3. The zero-order chi connectivity index (χ0) is 20.1. The second kappa shape index (κ2) is 8.35. The van der Waals surface area contributed by atoms with Crippen LogP contribution in [0.1, 0.15) is 31.8 Å². The minimum absolute atomic E-state index is 0.00658. The number of carbonyl (C=O) groups is 2. The van der Waals surface area contributed by atoms with E-state index in [0.717, 1.165) is 11.1 Å². The molecule has 0 aliphatic carbocycles. The van der Waals surface area contributed by atoms with Gasteiger partial charge >= 0.3 is 0 Å². The lowest BCUT2D eigenvalue weighted by atomic mass is 10.0. The molecule has 0 heterocycles. The molecule has 0 amide bonds. The Kier molecular flexibility index (Phi) is 5.70. The van der Waals surface area contributed by atoms with Gasteiger partial charge in [0.05, 0.1) is 11.4 Å². The number of aryl methyl sites for hydroxylation is 2. The van der Waals surface area contributed by atoms with Gasteiger partial charge in [-0.3, -0.25) is 9.59 Å². The van der Waals surface area contributed by atoms with Crippen molar-refractivity contribution in [1.82, 2.24) is 0 Å². The van der Waals surface area contributed by atoms with Crippen molar-refractivity contribution in [2.75, 3.05) is 5.32 Å². The van der Waals surface area contributed by atoms with E-state index in [1.807, 2.05) is 38.1 Å². The topological polar surface area (TPSA) is 66.4 Å². The fourth-order valence-electron chi connectivity index (χ4n) is 2.68. The van der Waals surface area contributed by atoms with Crippen molar-refractivity contribution >= 4 is 17.3 Å². The zero-order valence-electron chi connectivity index (χ0n) is 15.8. The summed E-state index contributed by atoms with van der Waals surface area (Å²) in [5.74, 6) is -0.630. The number of allylic oxidation sites excluding steroid dienone is 2. The first kappa shape index (κ1) is 19.1. The molecule has 3 rings (SSSR count). The van der Waals surface area contributed by atoms with Gasteiger partial charge in [0.1, 0.15) is 5.75 Å². The number of phenols is 1. The Morgan fingerprint density at radius 1 is 0.786 bits per heavy atom. The lowest BCUT2D eigenvalue weighted by Crippen LogP contribution is -2.14. The Morgan fingerprint density at radius 2 is 1.32 bits per heavy atom. The van der Waals surface area contributed by atoms with Crippen LogP contribution in [0.2, 0.25) is 0 Å². The van der Waals surface area contributed by atoms with E-state index in [4.69, 9.17) is 0 Å². The molecule has 0 saturated heterocycles. The molecule has 140 valence electrons. The van der Waals surface area contributed by atoms with Crippen molar-refractivity contribution in [3.05, 3.63) is 107 Å². The third-order valence-electron chi connectivity index (χ3n) is 4.34. The normalized spacial score (nSPS) is 11.1. The Labute approximate surface area is 164 Å². The number of phenolic OH excluding ortho intramolecular Hbond substituents is 1. The van der Waals surface area contributed by atoms with Crippen LogP contribution in [0, 0.1) is 13.8 Å². The van der Waals surface area contributed by atoms with Gasteiger partial charge < -0.3 is 10.4 Å².